The first kappa shape index (κ1) is 16.0. The quantitative estimate of drug-likeness (QED) is 0.831. The van der Waals surface area contributed by atoms with E-state index in [0.717, 1.165) is 9.35 Å². The second-order valence-electron chi connectivity index (χ2n) is 5.96. The maximum absolute atomic E-state index is 11.2. The summed E-state index contributed by atoms with van der Waals surface area (Å²) in [5, 5.41) is 11.1. The highest BCUT2D eigenvalue weighted by Gasteiger charge is 2.54. The molecule has 0 radical (unpaired) electrons. The summed E-state index contributed by atoms with van der Waals surface area (Å²) in [6.45, 7) is 7.87. The van der Waals surface area contributed by atoms with Gasteiger partial charge in [-0.25, -0.2) is 0 Å². The maximum Gasteiger partial charge on any atom is 0.467 e. The normalized spacial score (nSPS) is 21.9. The lowest BCUT2D eigenvalue weighted by Gasteiger charge is -2.32. The summed E-state index contributed by atoms with van der Waals surface area (Å²) in [5.74, 6) is -1.17. The third-order valence-corrected chi connectivity index (χ3v) is 5.98. The second-order valence-corrected chi connectivity index (χ2v) is 7.76. The summed E-state index contributed by atoms with van der Waals surface area (Å²) in [6.07, 6.45) is -0.0179. The minimum Gasteiger partial charge on any atom is -0.481 e. The molecule has 1 saturated heterocycles. The van der Waals surface area contributed by atoms with Gasteiger partial charge in [-0.1, -0.05) is 0 Å². The van der Waals surface area contributed by atoms with Gasteiger partial charge in [0.25, 0.3) is 0 Å². The van der Waals surface area contributed by atoms with Gasteiger partial charge in [0.2, 0.25) is 0 Å². The van der Waals surface area contributed by atoms with Gasteiger partial charge in [0.15, 0.2) is 0 Å². The number of rotatable bonds is 4. The van der Waals surface area contributed by atoms with E-state index >= 15 is 0 Å². The van der Waals surface area contributed by atoms with Gasteiger partial charge in [-0.05, 0) is 55.1 Å². The van der Waals surface area contributed by atoms with Crippen LogP contribution in [0.2, 0.25) is 0 Å². The third kappa shape index (κ3) is 2.96. The first-order chi connectivity index (χ1) is 9.14. The zero-order valence-electron chi connectivity index (χ0n) is 12.0. The molecule has 20 heavy (non-hydrogen) atoms. The van der Waals surface area contributed by atoms with Crippen LogP contribution < -0.4 is 0 Å². The van der Waals surface area contributed by atoms with E-state index in [1.54, 1.807) is 0 Å². The highest BCUT2D eigenvalue weighted by atomic mass is 79.9. The van der Waals surface area contributed by atoms with Gasteiger partial charge >= 0.3 is 13.1 Å². The molecule has 7 heteroatoms. The van der Waals surface area contributed by atoms with E-state index < -0.39 is 24.3 Å². The van der Waals surface area contributed by atoms with E-state index in [9.17, 15) is 9.90 Å². The number of hydrogen-bond donors (Lipinski definition) is 1. The summed E-state index contributed by atoms with van der Waals surface area (Å²) in [5.41, 5.74) is -0.920. The number of carboxylic acid groups (broad SMARTS) is 1. The lowest BCUT2D eigenvalue weighted by Crippen LogP contribution is -2.41. The van der Waals surface area contributed by atoms with Gasteiger partial charge in [-0.3, -0.25) is 4.79 Å². The molecule has 0 amide bonds. The van der Waals surface area contributed by atoms with Crippen molar-refractivity contribution in [1.29, 1.82) is 0 Å². The summed E-state index contributed by atoms with van der Waals surface area (Å²) in [7, 11) is -0.550. The van der Waals surface area contributed by atoms with Crippen molar-refractivity contribution in [1.82, 2.24) is 0 Å². The number of carboxylic acids is 1. The van der Waals surface area contributed by atoms with E-state index in [-0.39, 0.29) is 12.2 Å². The SMILES string of the molecule is CC1(C)OB(C(CC(=O)O)c2sccc2Br)OC1(C)C. The summed E-state index contributed by atoms with van der Waals surface area (Å²) in [4.78, 5) is 12.1. The molecular weight excluding hydrogens is 343 g/mol. The molecule has 1 atom stereocenters. The zero-order valence-corrected chi connectivity index (χ0v) is 14.4. The largest absolute Gasteiger partial charge is 0.481 e. The second kappa shape index (κ2) is 5.44. The minimum absolute atomic E-state index is 0.0179. The van der Waals surface area contributed by atoms with Crippen LogP contribution in [0.15, 0.2) is 15.9 Å². The lowest BCUT2D eigenvalue weighted by molar-refractivity contribution is -0.137. The van der Waals surface area contributed by atoms with Crippen LogP contribution in [0, 0.1) is 0 Å². The Hall–Kier alpha value is -0.365. The Labute approximate surface area is 131 Å². The van der Waals surface area contributed by atoms with Crippen molar-refractivity contribution in [3.63, 3.8) is 0 Å². The fourth-order valence-electron chi connectivity index (χ4n) is 2.12. The van der Waals surface area contributed by atoms with Crippen LogP contribution in [-0.2, 0) is 14.1 Å². The molecule has 1 aliphatic heterocycles. The Morgan fingerprint density at radius 3 is 2.35 bits per heavy atom. The molecule has 0 spiro atoms. The van der Waals surface area contributed by atoms with E-state index in [1.165, 1.54) is 11.3 Å². The smallest absolute Gasteiger partial charge is 0.467 e. The number of hydrogen-bond acceptors (Lipinski definition) is 4. The highest BCUT2D eigenvalue weighted by molar-refractivity contribution is 9.10. The van der Waals surface area contributed by atoms with E-state index in [1.807, 2.05) is 39.1 Å². The Kier molecular flexibility index (Phi) is 4.36. The van der Waals surface area contributed by atoms with Crippen LogP contribution in [-0.4, -0.2) is 29.4 Å². The van der Waals surface area contributed by atoms with Crippen molar-refractivity contribution in [2.24, 2.45) is 0 Å². The van der Waals surface area contributed by atoms with Crippen LogP contribution >= 0.6 is 27.3 Å². The lowest BCUT2D eigenvalue weighted by atomic mass is 9.69. The van der Waals surface area contributed by atoms with Crippen LogP contribution in [0.5, 0.6) is 0 Å². The Bertz CT molecular complexity index is 498. The fourth-order valence-corrected chi connectivity index (χ4v) is 3.91. The van der Waals surface area contributed by atoms with E-state index in [0.29, 0.717) is 0 Å². The Morgan fingerprint density at radius 2 is 1.95 bits per heavy atom. The molecule has 1 unspecified atom stereocenters. The van der Waals surface area contributed by atoms with Gasteiger partial charge in [-0.15, -0.1) is 11.3 Å². The molecule has 110 valence electrons. The van der Waals surface area contributed by atoms with Crippen molar-refractivity contribution in [2.75, 3.05) is 0 Å². The molecule has 1 aliphatic rings. The average molecular weight is 361 g/mol. The number of thiophene rings is 1. The molecule has 4 nitrogen and oxygen atoms in total. The summed E-state index contributed by atoms with van der Waals surface area (Å²) >= 11 is 4.98. The van der Waals surface area contributed by atoms with Crippen LogP contribution in [0.3, 0.4) is 0 Å². The molecule has 2 heterocycles. The van der Waals surface area contributed by atoms with E-state index in [2.05, 4.69) is 15.9 Å². The first-order valence-electron chi connectivity index (χ1n) is 6.44. The average Bonchev–Trinajstić information content (AvgIpc) is 2.78. The third-order valence-electron chi connectivity index (χ3n) is 3.98. The molecule has 0 aliphatic carbocycles. The van der Waals surface area contributed by atoms with Crippen molar-refractivity contribution in [2.45, 2.75) is 51.1 Å². The predicted molar refractivity (Wildman–Crippen MR) is 83.1 cm³/mol. The van der Waals surface area contributed by atoms with Gasteiger partial charge in [0, 0.05) is 15.2 Å². The van der Waals surface area contributed by atoms with Crippen molar-refractivity contribution >= 4 is 40.4 Å². The van der Waals surface area contributed by atoms with E-state index in [4.69, 9.17) is 9.31 Å². The first-order valence-corrected chi connectivity index (χ1v) is 8.11. The monoisotopic (exact) mass is 360 g/mol. The van der Waals surface area contributed by atoms with Gasteiger partial charge in [-0.2, -0.15) is 0 Å². The molecule has 0 aromatic carbocycles. The van der Waals surface area contributed by atoms with Crippen LogP contribution in [0.25, 0.3) is 0 Å². The molecule has 1 fully saturated rings. The van der Waals surface area contributed by atoms with Crippen molar-refractivity contribution in [3.8, 4) is 0 Å². The zero-order chi connectivity index (χ0) is 15.1. The topological polar surface area (TPSA) is 55.8 Å². The molecule has 0 saturated carbocycles. The maximum atomic E-state index is 11.2. The van der Waals surface area contributed by atoms with Crippen LogP contribution in [0.4, 0.5) is 0 Å². The molecule has 1 N–H and O–H groups in total. The standard InChI is InChI=1S/C13H18BBrO4S/c1-12(2)13(3,4)19-14(18-12)8(7-10(16)17)11-9(15)5-6-20-11/h5-6,8H,7H2,1-4H3,(H,16,17). The Balaban J connectivity index is 2.30. The number of aliphatic carboxylic acids is 1. The molecular formula is C13H18BBrO4S. The molecule has 1 aromatic heterocycles. The summed E-state index contributed by atoms with van der Waals surface area (Å²) in [6, 6.07) is 1.92. The minimum atomic E-state index is -0.856. The highest BCUT2D eigenvalue weighted by Crippen LogP contribution is 2.44. The van der Waals surface area contributed by atoms with Gasteiger partial charge in [0.1, 0.15) is 0 Å². The number of halogens is 1. The fraction of sp³-hybridized carbons (Fsp3) is 0.615. The Morgan fingerprint density at radius 1 is 1.40 bits per heavy atom. The van der Waals surface area contributed by atoms with Crippen molar-refractivity contribution < 1.29 is 19.2 Å². The predicted octanol–water partition coefficient (Wildman–Crippen LogP) is 3.70. The molecule has 2 rings (SSSR count). The molecule has 1 aromatic rings. The van der Waals surface area contributed by atoms with Gasteiger partial charge in [0.05, 0.1) is 17.6 Å². The van der Waals surface area contributed by atoms with Crippen molar-refractivity contribution in [3.05, 3.63) is 20.8 Å². The van der Waals surface area contributed by atoms with Gasteiger partial charge < -0.3 is 14.4 Å². The number of carbonyl (C=O) groups is 1. The summed E-state index contributed by atoms with van der Waals surface area (Å²) < 4.78 is 12.9. The van der Waals surface area contributed by atoms with Crippen LogP contribution in [0.1, 0.15) is 44.8 Å². The molecule has 0 bridgehead atoms.